The van der Waals surface area contributed by atoms with Crippen LogP contribution in [0.1, 0.15) is 35.8 Å². The Labute approximate surface area is 170 Å². The second-order valence-electron chi connectivity index (χ2n) is 7.64. The van der Waals surface area contributed by atoms with Gasteiger partial charge in [0, 0.05) is 38.1 Å². The molecule has 2 amide bonds. The molecule has 0 unspecified atom stereocenters. The van der Waals surface area contributed by atoms with Gasteiger partial charge in [-0.2, -0.15) is 0 Å². The van der Waals surface area contributed by atoms with Crippen LogP contribution in [0.4, 0.5) is 10.5 Å². The summed E-state index contributed by atoms with van der Waals surface area (Å²) in [7, 11) is 1.68. The Morgan fingerprint density at radius 2 is 2.03 bits per heavy atom. The number of hydrogen-bond donors (Lipinski definition) is 1. The summed E-state index contributed by atoms with van der Waals surface area (Å²) in [5.41, 5.74) is 4.91. The number of nitrogens with one attached hydrogen (secondary N) is 1. The summed E-state index contributed by atoms with van der Waals surface area (Å²) in [6.45, 7) is 5.91. The van der Waals surface area contributed by atoms with Gasteiger partial charge in [-0.05, 0) is 50.5 Å². The summed E-state index contributed by atoms with van der Waals surface area (Å²) in [4.78, 5) is 23.9. The highest BCUT2D eigenvalue weighted by Crippen LogP contribution is 2.29. The number of benzene rings is 1. The molecule has 152 valence electrons. The van der Waals surface area contributed by atoms with Crippen molar-refractivity contribution in [2.24, 2.45) is 0 Å². The van der Waals surface area contributed by atoms with Crippen LogP contribution >= 0.6 is 0 Å². The van der Waals surface area contributed by atoms with Crippen LogP contribution < -0.4 is 5.32 Å². The summed E-state index contributed by atoms with van der Waals surface area (Å²) in [6.07, 6.45) is 3.52. The summed E-state index contributed by atoms with van der Waals surface area (Å²) < 4.78 is 7.54. The number of amides is 2. The molecule has 1 N–H and O–H groups in total. The van der Waals surface area contributed by atoms with Crippen molar-refractivity contribution in [1.82, 2.24) is 19.4 Å². The van der Waals surface area contributed by atoms with Crippen LogP contribution in [0.2, 0.25) is 0 Å². The molecular formula is C22H27N5O2. The Morgan fingerprint density at radius 1 is 1.24 bits per heavy atom. The van der Waals surface area contributed by atoms with Crippen molar-refractivity contribution in [2.45, 2.75) is 39.3 Å². The average molecular weight is 393 g/mol. The standard InChI is InChI=1S/C22H27N5O2/c1-15-6-7-18(16(2)13-15)25-22(28)26-11-8-17(9-12-26)27-20(14-29-3)24-19-5-4-10-23-21(19)27/h4-7,10,13,17H,8-9,11-12,14H2,1-3H3,(H,25,28). The van der Waals surface area contributed by atoms with E-state index in [0.29, 0.717) is 19.7 Å². The summed E-state index contributed by atoms with van der Waals surface area (Å²) in [5.74, 6) is 0.888. The van der Waals surface area contributed by atoms with Gasteiger partial charge in [0.15, 0.2) is 5.65 Å². The molecule has 0 atom stereocenters. The fourth-order valence-corrected chi connectivity index (χ4v) is 4.07. The number of rotatable bonds is 4. The number of fused-ring (bicyclic) bond motifs is 1. The van der Waals surface area contributed by atoms with Crippen LogP contribution in [0.15, 0.2) is 36.5 Å². The van der Waals surface area contributed by atoms with Gasteiger partial charge in [-0.25, -0.2) is 14.8 Å². The molecule has 1 aliphatic rings. The Morgan fingerprint density at radius 3 is 2.76 bits per heavy atom. The third-order valence-electron chi connectivity index (χ3n) is 5.54. The van der Waals surface area contributed by atoms with Gasteiger partial charge in [-0.15, -0.1) is 0 Å². The van der Waals surface area contributed by atoms with E-state index in [-0.39, 0.29) is 12.1 Å². The Kier molecular flexibility index (Phi) is 5.49. The van der Waals surface area contributed by atoms with Gasteiger partial charge in [0.2, 0.25) is 0 Å². The molecule has 3 heterocycles. The van der Waals surface area contributed by atoms with E-state index in [1.807, 2.05) is 36.1 Å². The first-order valence-electron chi connectivity index (χ1n) is 10.0. The molecule has 0 spiro atoms. The van der Waals surface area contributed by atoms with Crippen molar-refractivity contribution < 1.29 is 9.53 Å². The maximum absolute atomic E-state index is 12.7. The van der Waals surface area contributed by atoms with E-state index in [1.54, 1.807) is 13.3 Å². The fourth-order valence-electron chi connectivity index (χ4n) is 4.07. The number of urea groups is 1. The van der Waals surface area contributed by atoms with Crippen LogP contribution in [-0.2, 0) is 11.3 Å². The highest BCUT2D eigenvalue weighted by Gasteiger charge is 2.27. The van der Waals surface area contributed by atoms with Gasteiger partial charge in [-0.1, -0.05) is 17.7 Å². The Bertz CT molecular complexity index is 1020. The van der Waals surface area contributed by atoms with Gasteiger partial charge >= 0.3 is 6.03 Å². The van der Waals surface area contributed by atoms with E-state index in [2.05, 4.69) is 32.8 Å². The first kappa shape index (κ1) is 19.4. The predicted octanol–water partition coefficient (Wildman–Crippen LogP) is 4.06. The van der Waals surface area contributed by atoms with Crippen LogP contribution in [0, 0.1) is 13.8 Å². The number of methoxy groups -OCH3 is 1. The highest BCUT2D eigenvalue weighted by molar-refractivity contribution is 5.90. The molecule has 29 heavy (non-hydrogen) atoms. The first-order valence-corrected chi connectivity index (χ1v) is 10.0. The molecule has 4 rings (SSSR count). The minimum absolute atomic E-state index is 0.0406. The number of anilines is 1. The number of aryl methyl sites for hydroxylation is 2. The molecular weight excluding hydrogens is 366 g/mol. The van der Waals surface area contributed by atoms with E-state index < -0.39 is 0 Å². The van der Waals surface area contributed by atoms with E-state index >= 15 is 0 Å². The number of carbonyl (C=O) groups is 1. The molecule has 1 fully saturated rings. The maximum Gasteiger partial charge on any atom is 0.321 e. The third kappa shape index (κ3) is 3.96. The number of pyridine rings is 1. The number of ether oxygens (including phenoxy) is 1. The largest absolute Gasteiger partial charge is 0.377 e. The molecule has 2 aromatic heterocycles. The lowest BCUT2D eigenvalue weighted by atomic mass is 10.0. The Balaban J connectivity index is 1.46. The summed E-state index contributed by atoms with van der Waals surface area (Å²) in [5, 5.41) is 3.05. The number of piperidine rings is 1. The number of imidazole rings is 1. The van der Waals surface area contributed by atoms with E-state index in [1.165, 1.54) is 5.56 Å². The number of likely N-dealkylation sites (tertiary alicyclic amines) is 1. The van der Waals surface area contributed by atoms with E-state index in [0.717, 1.165) is 41.1 Å². The highest BCUT2D eigenvalue weighted by atomic mass is 16.5. The molecule has 3 aromatic rings. The normalized spacial score (nSPS) is 15.1. The van der Waals surface area contributed by atoms with Gasteiger partial charge < -0.3 is 19.5 Å². The second-order valence-corrected chi connectivity index (χ2v) is 7.64. The van der Waals surface area contributed by atoms with Crippen molar-refractivity contribution in [1.29, 1.82) is 0 Å². The lowest BCUT2D eigenvalue weighted by molar-refractivity contribution is 0.162. The zero-order valence-corrected chi connectivity index (χ0v) is 17.2. The van der Waals surface area contributed by atoms with Crippen LogP contribution in [-0.4, -0.2) is 45.7 Å². The minimum Gasteiger partial charge on any atom is -0.377 e. The molecule has 7 heteroatoms. The number of carbonyl (C=O) groups excluding carboxylic acids is 1. The summed E-state index contributed by atoms with van der Waals surface area (Å²) in [6, 6.07) is 10.2. The molecule has 1 saturated heterocycles. The lowest BCUT2D eigenvalue weighted by Gasteiger charge is -2.33. The van der Waals surface area contributed by atoms with E-state index in [4.69, 9.17) is 4.74 Å². The zero-order chi connectivity index (χ0) is 20.4. The number of nitrogens with zero attached hydrogens (tertiary/aromatic N) is 4. The lowest BCUT2D eigenvalue weighted by Crippen LogP contribution is -2.41. The van der Waals surface area contributed by atoms with Crippen molar-refractivity contribution in [2.75, 3.05) is 25.5 Å². The van der Waals surface area contributed by atoms with Crippen LogP contribution in [0.5, 0.6) is 0 Å². The maximum atomic E-state index is 12.7. The SMILES string of the molecule is COCc1nc2cccnc2n1C1CCN(C(=O)Nc2ccc(C)cc2C)CC1. The van der Waals surface area contributed by atoms with Gasteiger partial charge in [0.25, 0.3) is 0 Å². The zero-order valence-electron chi connectivity index (χ0n) is 17.2. The quantitative estimate of drug-likeness (QED) is 0.725. The topological polar surface area (TPSA) is 72.3 Å². The van der Waals surface area contributed by atoms with Crippen molar-refractivity contribution in [3.05, 3.63) is 53.5 Å². The molecule has 1 aromatic carbocycles. The fraction of sp³-hybridized carbons (Fsp3) is 0.409. The van der Waals surface area contributed by atoms with Crippen molar-refractivity contribution in [3.63, 3.8) is 0 Å². The third-order valence-corrected chi connectivity index (χ3v) is 5.54. The van der Waals surface area contributed by atoms with Gasteiger partial charge in [0.05, 0.1) is 0 Å². The molecule has 0 radical (unpaired) electrons. The number of hydrogen-bond acceptors (Lipinski definition) is 4. The van der Waals surface area contributed by atoms with E-state index in [9.17, 15) is 4.79 Å². The predicted molar refractivity (Wildman–Crippen MR) is 113 cm³/mol. The molecule has 0 saturated carbocycles. The monoisotopic (exact) mass is 393 g/mol. The summed E-state index contributed by atoms with van der Waals surface area (Å²) >= 11 is 0. The van der Waals surface area contributed by atoms with Gasteiger partial charge in [0.1, 0.15) is 17.9 Å². The smallest absolute Gasteiger partial charge is 0.321 e. The second kappa shape index (κ2) is 8.21. The minimum atomic E-state index is -0.0406. The number of aromatic nitrogens is 3. The molecule has 0 bridgehead atoms. The Hall–Kier alpha value is -2.93. The molecule has 1 aliphatic heterocycles. The van der Waals surface area contributed by atoms with Crippen LogP contribution in [0.25, 0.3) is 11.2 Å². The first-order chi connectivity index (χ1) is 14.1. The van der Waals surface area contributed by atoms with Crippen molar-refractivity contribution in [3.8, 4) is 0 Å². The average Bonchev–Trinajstić information content (AvgIpc) is 3.08. The van der Waals surface area contributed by atoms with Crippen molar-refractivity contribution >= 4 is 22.9 Å². The van der Waals surface area contributed by atoms with Crippen LogP contribution in [0.3, 0.4) is 0 Å². The molecule has 0 aliphatic carbocycles. The molecule has 7 nitrogen and oxygen atoms in total. The van der Waals surface area contributed by atoms with Gasteiger partial charge in [-0.3, -0.25) is 0 Å².